The molecule has 2 aromatic heterocycles. The Morgan fingerprint density at radius 1 is 1.60 bits per heavy atom. The lowest BCUT2D eigenvalue weighted by atomic mass is 10.3. The number of rotatable bonds is 4. The summed E-state index contributed by atoms with van der Waals surface area (Å²) in [5.74, 6) is 1.96. The lowest BCUT2D eigenvalue weighted by Crippen LogP contribution is -2.05. The quantitative estimate of drug-likeness (QED) is 0.809. The van der Waals surface area contributed by atoms with Gasteiger partial charge in [0.05, 0.1) is 6.26 Å². The first-order valence-electron chi connectivity index (χ1n) is 4.97. The summed E-state index contributed by atoms with van der Waals surface area (Å²) in [5.41, 5.74) is 0. The van der Waals surface area contributed by atoms with E-state index in [-0.39, 0.29) is 0 Å². The smallest absolute Gasteiger partial charge is 0.195 e. The minimum Gasteiger partial charge on any atom is -0.469 e. The van der Waals surface area contributed by atoms with Gasteiger partial charge in [0.1, 0.15) is 11.6 Å². The Hall–Kier alpha value is -1.36. The van der Waals surface area contributed by atoms with E-state index in [0.29, 0.717) is 4.77 Å². The number of aryl methyl sites for hydroxylation is 2. The molecule has 0 aromatic carbocycles. The Bertz CT molecular complexity index is 469. The van der Waals surface area contributed by atoms with Gasteiger partial charge in [0, 0.05) is 19.4 Å². The minimum absolute atomic E-state index is 0.679. The molecule has 0 saturated carbocycles. The van der Waals surface area contributed by atoms with Gasteiger partial charge >= 0.3 is 0 Å². The van der Waals surface area contributed by atoms with Crippen LogP contribution in [0.1, 0.15) is 18.5 Å². The van der Waals surface area contributed by atoms with Crippen molar-refractivity contribution >= 4 is 12.2 Å². The highest BCUT2D eigenvalue weighted by Gasteiger charge is 2.04. The van der Waals surface area contributed by atoms with E-state index < -0.39 is 0 Å². The first-order valence-corrected chi connectivity index (χ1v) is 5.38. The molecule has 0 fully saturated rings. The number of furan rings is 1. The predicted molar refractivity (Wildman–Crippen MR) is 59.2 cm³/mol. The zero-order valence-electron chi connectivity index (χ0n) is 8.56. The normalized spacial score (nSPS) is 10.7. The molecule has 0 aliphatic rings. The second-order valence-electron chi connectivity index (χ2n) is 3.28. The summed E-state index contributed by atoms with van der Waals surface area (Å²) in [5, 5.41) is 6.95. The van der Waals surface area contributed by atoms with E-state index in [1.165, 1.54) is 0 Å². The first-order chi connectivity index (χ1) is 7.31. The number of hydrogen-bond donors (Lipinski definition) is 1. The van der Waals surface area contributed by atoms with Crippen molar-refractivity contribution < 1.29 is 4.42 Å². The van der Waals surface area contributed by atoms with Crippen molar-refractivity contribution in [1.82, 2.24) is 14.8 Å². The Labute approximate surface area is 92.9 Å². The number of aromatic amines is 1. The summed E-state index contributed by atoms with van der Waals surface area (Å²) >= 11 is 5.15. The predicted octanol–water partition coefficient (Wildman–Crippen LogP) is 2.34. The molecule has 0 aliphatic heterocycles. The van der Waals surface area contributed by atoms with Crippen LogP contribution in [0.2, 0.25) is 0 Å². The van der Waals surface area contributed by atoms with Crippen molar-refractivity contribution in [2.75, 3.05) is 0 Å². The fraction of sp³-hybridized carbons (Fsp3) is 0.400. The molecule has 5 heteroatoms. The van der Waals surface area contributed by atoms with Crippen molar-refractivity contribution in [2.45, 2.75) is 26.3 Å². The largest absolute Gasteiger partial charge is 0.469 e. The zero-order valence-corrected chi connectivity index (χ0v) is 9.38. The number of nitrogens with zero attached hydrogens (tertiary/aromatic N) is 2. The highest BCUT2D eigenvalue weighted by molar-refractivity contribution is 7.71. The molecule has 4 nitrogen and oxygen atoms in total. The number of H-pyrrole nitrogens is 1. The van der Waals surface area contributed by atoms with Crippen LogP contribution in [0.5, 0.6) is 0 Å². The molecule has 2 aromatic rings. The summed E-state index contributed by atoms with van der Waals surface area (Å²) in [7, 11) is 0. The molecule has 0 amide bonds. The number of aromatic nitrogens is 3. The first kappa shape index (κ1) is 10.2. The van der Waals surface area contributed by atoms with Crippen molar-refractivity contribution in [3.63, 3.8) is 0 Å². The Morgan fingerprint density at radius 2 is 2.47 bits per heavy atom. The third kappa shape index (κ3) is 2.18. The SMILES string of the molecule is CCc1n[nH]c(=S)n1CCc1ccco1. The lowest BCUT2D eigenvalue weighted by Gasteiger charge is -2.03. The van der Waals surface area contributed by atoms with Crippen LogP contribution in [0.3, 0.4) is 0 Å². The maximum Gasteiger partial charge on any atom is 0.195 e. The van der Waals surface area contributed by atoms with Crippen molar-refractivity contribution in [2.24, 2.45) is 0 Å². The van der Waals surface area contributed by atoms with Gasteiger partial charge in [0.15, 0.2) is 4.77 Å². The highest BCUT2D eigenvalue weighted by Crippen LogP contribution is 2.05. The van der Waals surface area contributed by atoms with Gasteiger partial charge < -0.3 is 8.98 Å². The molecule has 15 heavy (non-hydrogen) atoms. The van der Waals surface area contributed by atoms with E-state index >= 15 is 0 Å². The summed E-state index contributed by atoms with van der Waals surface area (Å²) in [4.78, 5) is 0. The Morgan fingerprint density at radius 3 is 3.13 bits per heavy atom. The van der Waals surface area contributed by atoms with Gasteiger partial charge in [-0.1, -0.05) is 6.92 Å². The molecule has 2 heterocycles. The molecule has 0 unspecified atom stereocenters. The Kier molecular flexibility index (Phi) is 3.01. The summed E-state index contributed by atoms with van der Waals surface area (Å²) in [6, 6.07) is 3.86. The van der Waals surface area contributed by atoms with E-state index in [0.717, 1.165) is 31.0 Å². The molecule has 80 valence electrons. The van der Waals surface area contributed by atoms with E-state index in [9.17, 15) is 0 Å². The standard InChI is InChI=1S/C10H13N3OS/c1-2-9-11-12-10(15)13(9)6-5-8-4-3-7-14-8/h3-4,7H,2,5-6H2,1H3,(H,12,15). The fourth-order valence-electron chi connectivity index (χ4n) is 1.53. The van der Waals surface area contributed by atoms with Crippen LogP contribution in [-0.4, -0.2) is 14.8 Å². The van der Waals surface area contributed by atoms with Gasteiger partial charge in [-0.05, 0) is 24.4 Å². The van der Waals surface area contributed by atoms with Crippen LogP contribution < -0.4 is 0 Å². The summed E-state index contributed by atoms with van der Waals surface area (Å²) < 4.78 is 7.96. The van der Waals surface area contributed by atoms with Gasteiger partial charge in [0.25, 0.3) is 0 Å². The minimum atomic E-state index is 0.679. The van der Waals surface area contributed by atoms with Gasteiger partial charge in [-0.25, -0.2) is 0 Å². The third-order valence-electron chi connectivity index (χ3n) is 2.32. The van der Waals surface area contributed by atoms with Gasteiger partial charge in [-0.15, -0.1) is 0 Å². The fourth-order valence-corrected chi connectivity index (χ4v) is 1.77. The maximum atomic E-state index is 5.27. The molecule has 0 bridgehead atoms. The highest BCUT2D eigenvalue weighted by atomic mass is 32.1. The second-order valence-corrected chi connectivity index (χ2v) is 3.67. The van der Waals surface area contributed by atoms with Gasteiger partial charge in [-0.2, -0.15) is 5.10 Å². The summed E-state index contributed by atoms with van der Waals surface area (Å²) in [6.45, 7) is 2.88. The molecular formula is C10H13N3OS. The molecule has 0 aliphatic carbocycles. The molecule has 0 radical (unpaired) electrons. The molecule has 2 rings (SSSR count). The van der Waals surface area contributed by atoms with Crippen LogP contribution in [0, 0.1) is 4.77 Å². The lowest BCUT2D eigenvalue weighted by molar-refractivity contribution is 0.487. The molecule has 1 N–H and O–H groups in total. The molecule has 0 atom stereocenters. The topological polar surface area (TPSA) is 46.8 Å². The van der Waals surface area contributed by atoms with Crippen molar-refractivity contribution in [3.8, 4) is 0 Å². The Balaban J connectivity index is 2.10. The van der Waals surface area contributed by atoms with Crippen LogP contribution >= 0.6 is 12.2 Å². The van der Waals surface area contributed by atoms with Gasteiger partial charge in [0.2, 0.25) is 0 Å². The van der Waals surface area contributed by atoms with Crippen LogP contribution in [0.4, 0.5) is 0 Å². The molecule has 0 spiro atoms. The van der Waals surface area contributed by atoms with Crippen LogP contribution in [0.25, 0.3) is 0 Å². The average molecular weight is 223 g/mol. The van der Waals surface area contributed by atoms with E-state index in [2.05, 4.69) is 17.1 Å². The molecule has 0 saturated heterocycles. The average Bonchev–Trinajstić information content (AvgIpc) is 2.84. The van der Waals surface area contributed by atoms with Crippen LogP contribution in [0.15, 0.2) is 22.8 Å². The third-order valence-corrected chi connectivity index (χ3v) is 2.63. The van der Waals surface area contributed by atoms with Gasteiger partial charge in [-0.3, -0.25) is 5.10 Å². The van der Waals surface area contributed by atoms with Crippen LogP contribution in [-0.2, 0) is 19.4 Å². The van der Waals surface area contributed by atoms with Crippen molar-refractivity contribution in [1.29, 1.82) is 0 Å². The second kappa shape index (κ2) is 4.44. The summed E-state index contributed by atoms with van der Waals surface area (Å²) in [6.07, 6.45) is 3.41. The van der Waals surface area contributed by atoms with E-state index in [4.69, 9.17) is 16.6 Å². The molecular weight excluding hydrogens is 210 g/mol. The number of nitrogens with one attached hydrogen (secondary N) is 1. The van der Waals surface area contributed by atoms with E-state index in [1.54, 1.807) is 6.26 Å². The van der Waals surface area contributed by atoms with E-state index in [1.807, 2.05) is 16.7 Å². The van der Waals surface area contributed by atoms with Crippen molar-refractivity contribution in [3.05, 3.63) is 34.8 Å². The zero-order chi connectivity index (χ0) is 10.7. The maximum absolute atomic E-state index is 5.27. The monoisotopic (exact) mass is 223 g/mol. The number of hydrogen-bond acceptors (Lipinski definition) is 3.